The summed E-state index contributed by atoms with van der Waals surface area (Å²) < 4.78 is 0. The fourth-order valence-corrected chi connectivity index (χ4v) is 3.09. The zero-order valence-corrected chi connectivity index (χ0v) is 14.6. The van der Waals surface area contributed by atoms with Crippen LogP contribution in [0.3, 0.4) is 0 Å². The lowest BCUT2D eigenvalue weighted by Gasteiger charge is -2.10. The summed E-state index contributed by atoms with van der Waals surface area (Å²) in [6.07, 6.45) is 3.08. The highest BCUT2D eigenvalue weighted by molar-refractivity contribution is 7.17. The molecule has 1 amide bonds. The number of hydrogen-bond donors (Lipinski definition) is 4. The molecule has 0 saturated carbocycles. The number of amides is 1. The molecule has 25 heavy (non-hydrogen) atoms. The van der Waals surface area contributed by atoms with Gasteiger partial charge in [-0.3, -0.25) is 4.79 Å². The van der Waals surface area contributed by atoms with Gasteiger partial charge in [0.2, 0.25) is 0 Å². The normalized spacial score (nSPS) is 10.5. The molecule has 0 aliphatic carbocycles. The Morgan fingerprint density at radius 1 is 1.24 bits per heavy atom. The summed E-state index contributed by atoms with van der Waals surface area (Å²) in [5.41, 5.74) is 13.4. The van der Waals surface area contributed by atoms with Crippen molar-refractivity contribution in [1.82, 2.24) is 9.97 Å². The number of aromatic nitrogens is 2. The molecule has 0 fully saturated rings. The molecule has 3 rings (SSSR count). The molecule has 2 heterocycles. The second-order valence-electron chi connectivity index (χ2n) is 5.02. The van der Waals surface area contributed by atoms with Crippen molar-refractivity contribution in [2.24, 2.45) is 5.73 Å². The van der Waals surface area contributed by atoms with E-state index in [1.807, 2.05) is 6.07 Å². The van der Waals surface area contributed by atoms with E-state index in [0.717, 1.165) is 5.56 Å². The maximum Gasteiger partial charge on any atom is 0.267 e. The average Bonchev–Trinajstić information content (AvgIpc) is 3.07. The number of anilines is 4. The molecule has 2 aromatic heterocycles. The van der Waals surface area contributed by atoms with Crippen molar-refractivity contribution in [3.8, 4) is 0 Å². The zero-order chi connectivity index (χ0) is 17.8. The van der Waals surface area contributed by atoms with Crippen LogP contribution in [0.15, 0.2) is 42.7 Å². The van der Waals surface area contributed by atoms with Crippen LogP contribution >= 0.6 is 22.9 Å². The molecule has 0 spiro atoms. The topological polar surface area (TPSA) is 119 Å². The van der Waals surface area contributed by atoms with E-state index in [2.05, 4.69) is 20.6 Å². The molecule has 0 atom stereocenters. The Morgan fingerprint density at radius 2 is 2.08 bits per heavy atom. The number of carbonyl (C=O) groups is 1. The number of nitrogens with two attached hydrogens (primary N) is 2. The Balaban J connectivity index is 1.77. The molecular formula is C16H15ClN6OS. The second-order valence-corrected chi connectivity index (χ2v) is 6.46. The van der Waals surface area contributed by atoms with Crippen LogP contribution in [0.25, 0.3) is 0 Å². The van der Waals surface area contributed by atoms with Gasteiger partial charge in [-0.2, -0.15) is 0 Å². The van der Waals surface area contributed by atoms with Crippen molar-refractivity contribution in [1.29, 1.82) is 0 Å². The van der Waals surface area contributed by atoms with Crippen LogP contribution in [-0.2, 0) is 6.54 Å². The Morgan fingerprint density at radius 3 is 2.84 bits per heavy atom. The van der Waals surface area contributed by atoms with Gasteiger partial charge in [0.05, 0.1) is 22.6 Å². The Labute approximate surface area is 153 Å². The molecule has 1 aromatic carbocycles. The summed E-state index contributed by atoms with van der Waals surface area (Å²) in [6.45, 7) is 0.270. The van der Waals surface area contributed by atoms with E-state index in [-0.39, 0.29) is 12.5 Å². The molecule has 0 aliphatic rings. The first kappa shape index (κ1) is 17.2. The van der Waals surface area contributed by atoms with Gasteiger partial charge in [0, 0.05) is 12.7 Å². The second kappa shape index (κ2) is 7.47. The van der Waals surface area contributed by atoms with Crippen molar-refractivity contribution >= 4 is 51.2 Å². The highest BCUT2D eigenvalue weighted by Gasteiger charge is 2.15. The summed E-state index contributed by atoms with van der Waals surface area (Å²) in [7, 11) is 0. The van der Waals surface area contributed by atoms with E-state index < -0.39 is 0 Å². The molecular weight excluding hydrogens is 360 g/mol. The van der Waals surface area contributed by atoms with Crippen LogP contribution in [0.4, 0.5) is 22.3 Å². The third-order valence-corrected chi connectivity index (χ3v) is 4.59. The van der Waals surface area contributed by atoms with Crippen molar-refractivity contribution < 1.29 is 4.79 Å². The van der Waals surface area contributed by atoms with Crippen molar-refractivity contribution in [2.75, 3.05) is 16.4 Å². The average molecular weight is 375 g/mol. The summed E-state index contributed by atoms with van der Waals surface area (Å²) in [5.74, 6) is 0.0415. The number of nitrogens with one attached hydrogen (secondary N) is 2. The lowest BCUT2D eigenvalue weighted by atomic mass is 10.1. The maximum absolute atomic E-state index is 12.5. The van der Waals surface area contributed by atoms with Gasteiger partial charge in [0.25, 0.3) is 5.91 Å². The van der Waals surface area contributed by atoms with Gasteiger partial charge in [-0.05, 0) is 23.8 Å². The molecule has 0 aliphatic heterocycles. The van der Waals surface area contributed by atoms with Gasteiger partial charge in [0.15, 0.2) is 5.13 Å². The van der Waals surface area contributed by atoms with E-state index in [0.29, 0.717) is 32.2 Å². The Hall–Kier alpha value is -2.68. The fraction of sp³-hybridized carbons (Fsp3) is 0.0625. The molecule has 0 bridgehead atoms. The van der Waals surface area contributed by atoms with E-state index in [1.165, 1.54) is 17.5 Å². The monoisotopic (exact) mass is 374 g/mol. The molecule has 3 aromatic rings. The van der Waals surface area contributed by atoms with Crippen LogP contribution in [-0.4, -0.2) is 15.9 Å². The molecule has 0 radical (unpaired) electrons. The maximum atomic E-state index is 12.5. The third kappa shape index (κ3) is 3.87. The summed E-state index contributed by atoms with van der Waals surface area (Å²) in [4.78, 5) is 21.1. The first-order valence-corrected chi connectivity index (χ1v) is 8.50. The number of thiazole rings is 1. The number of rotatable bonds is 5. The molecule has 6 N–H and O–H groups in total. The minimum absolute atomic E-state index is 0.270. The number of halogens is 1. The van der Waals surface area contributed by atoms with E-state index in [4.69, 9.17) is 23.1 Å². The number of pyridine rings is 1. The van der Waals surface area contributed by atoms with Crippen molar-refractivity contribution in [3.63, 3.8) is 0 Å². The lowest BCUT2D eigenvalue weighted by Crippen LogP contribution is -2.13. The van der Waals surface area contributed by atoms with Crippen LogP contribution in [0.5, 0.6) is 0 Å². The van der Waals surface area contributed by atoms with Crippen molar-refractivity contribution in [2.45, 2.75) is 6.54 Å². The van der Waals surface area contributed by atoms with E-state index in [1.54, 1.807) is 30.5 Å². The standard InChI is InChI=1S/C16H15ClN6OS/c17-10-4-1-3-9(7-18)13(10)23-15(24)12-8-21-16(25-12)22-11-5-2-6-20-14(11)19/h1-6,8H,7,18H2,(H2,19,20)(H,21,22)(H,23,24). The Bertz CT molecular complexity index is 913. The van der Waals surface area contributed by atoms with Gasteiger partial charge < -0.3 is 22.1 Å². The minimum Gasteiger partial charge on any atom is -0.382 e. The molecule has 0 saturated heterocycles. The molecule has 128 valence electrons. The largest absolute Gasteiger partial charge is 0.382 e. The Kier molecular flexibility index (Phi) is 5.13. The van der Waals surface area contributed by atoms with E-state index >= 15 is 0 Å². The van der Waals surface area contributed by atoms with Crippen LogP contribution in [0, 0.1) is 0 Å². The van der Waals surface area contributed by atoms with E-state index in [9.17, 15) is 4.79 Å². The van der Waals surface area contributed by atoms with Gasteiger partial charge >= 0.3 is 0 Å². The van der Waals surface area contributed by atoms with Gasteiger partial charge in [-0.25, -0.2) is 9.97 Å². The van der Waals surface area contributed by atoms with Gasteiger partial charge in [-0.1, -0.05) is 35.1 Å². The summed E-state index contributed by atoms with van der Waals surface area (Å²) >= 11 is 7.35. The molecule has 0 unspecified atom stereocenters. The zero-order valence-electron chi connectivity index (χ0n) is 13.0. The van der Waals surface area contributed by atoms with Crippen LogP contribution < -0.4 is 22.1 Å². The SMILES string of the molecule is NCc1cccc(Cl)c1NC(=O)c1cnc(Nc2cccnc2N)s1. The highest BCUT2D eigenvalue weighted by atomic mass is 35.5. The van der Waals surface area contributed by atoms with Gasteiger partial charge in [0.1, 0.15) is 10.7 Å². The smallest absolute Gasteiger partial charge is 0.267 e. The lowest BCUT2D eigenvalue weighted by molar-refractivity contribution is 0.103. The number of nitrogen functional groups attached to an aromatic ring is 1. The van der Waals surface area contributed by atoms with Crippen LogP contribution in [0.1, 0.15) is 15.2 Å². The summed E-state index contributed by atoms with van der Waals surface area (Å²) in [5, 5.41) is 6.79. The minimum atomic E-state index is -0.312. The van der Waals surface area contributed by atoms with Gasteiger partial charge in [-0.15, -0.1) is 0 Å². The number of carbonyl (C=O) groups excluding carboxylic acids is 1. The molecule has 7 nitrogen and oxygen atoms in total. The fourth-order valence-electron chi connectivity index (χ4n) is 2.13. The third-order valence-electron chi connectivity index (χ3n) is 3.37. The predicted molar refractivity (Wildman–Crippen MR) is 101 cm³/mol. The summed E-state index contributed by atoms with van der Waals surface area (Å²) in [6, 6.07) is 8.83. The highest BCUT2D eigenvalue weighted by Crippen LogP contribution is 2.29. The first-order chi connectivity index (χ1) is 12.1. The molecule has 9 heteroatoms. The first-order valence-electron chi connectivity index (χ1n) is 7.30. The predicted octanol–water partition coefficient (Wildman–Crippen LogP) is 3.23. The van der Waals surface area contributed by atoms with Crippen molar-refractivity contribution in [3.05, 3.63) is 58.2 Å². The number of benzene rings is 1. The number of hydrogen-bond acceptors (Lipinski definition) is 7. The van der Waals surface area contributed by atoms with Crippen LogP contribution in [0.2, 0.25) is 5.02 Å². The number of para-hydroxylation sites is 1. The quantitative estimate of drug-likeness (QED) is 0.544. The number of nitrogens with zero attached hydrogens (tertiary/aromatic N) is 2.